The van der Waals surface area contributed by atoms with Gasteiger partial charge in [0, 0.05) is 5.57 Å². The fourth-order valence-electron chi connectivity index (χ4n) is 3.88. The summed E-state index contributed by atoms with van der Waals surface area (Å²) in [7, 11) is -4.70. The second-order valence-corrected chi connectivity index (χ2v) is 9.86. The highest BCUT2D eigenvalue weighted by molar-refractivity contribution is 7.86. The van der Waals surface area contributed by atoms with Crippen LogP contribution in [-0.4, -0.2) is 40.4 Å². The first-order valence-electron chi connectivity index (χ1n) is 11.8. The Kier molecular flexibility index (Phi) is 16.4. The summed E-state index contributed by atoms with van der Waals surface area (Å²) >= 11 is 0. The van der Waals surface area contributed by atoms with Crippen molar-refractivity contribution >= 4 is 22.1 Å². The van der Waals surface area contributed by atoms with E-state index in [1.807, 2.05) is 0 Å². The molecule has 182 valence electrons. The number of carbonyl (C=O) groups is 2. The molecule has 0 aromatic heterocycles. The van der Waals surface area contributed by atoms with Gasteiger partial charge < -0.3 is 10.2 Å². The van der Waals surface area contributed by atoms with E-state index in [1.54, 1.807) is 0 Å². The number of hydrogen-bond acceptors (Lipinski definition) is 4. The molecule has 1 atom stereocenters. The molecule has 0 aromatic carbocycles. The summed E-state index contributed by atoms with van der Waals surface area (Å²) in [4.78, 5) is 23.1. The Hall–Kier alpha value is -1.41. The third-order valence-electron chi connectivity index (χ3n) is 5.65. The maximum Gasteiger partial charge on any atom is 0.333 e. The maximum atomic E-state index is 11.6. The van der Waals surface area contributed by atoms with Crippen molar-refractivity contribution in [3.05, 3.63) is 11.1 Å². The van der Waals surface area contributed by atoms with Gasteiger partial charge >= 0.3 is 11.9 Å². The minimum atomic E-state index is -4.70. The number of hydrogen-bond donors (Lipinski definition) is 3. The van der Waals surface area contributed by atoms with Gasteiger partial charge in [-0.3, -0.25) is 4.55 Å². The van der Waals surface area contributed by atoms with Crippen molar-refractivity contribution < 1.29 is 32.8 Å². The molecule has 0 aromatic rings. The molecular weight excluding hydrogens is 420 g/mol. The Balaban J connectivity index is 4.29. The molecule has 0 fully saturated rings. The van der Waals surface area contributed by atoms with Crippen molar-refractivity contribution in [1.29, 1.82) is 0 Å². The Morgan fingerprint density at radius 2 is 1.06 bits per heavy atom. The molecule has 0 rings (SSSR count). The zero-order valence-electron chi connectivity index (χ0n) is 19.3. The Bertz CT molecular complexity index is 653. The predicted octanol–water partition coefficient (Wildman–Crippen LogP) is 5.99. The van der Waals surface area contributed by atoms with Gasteiger partial charge in [-0.2, -0.15) is 8.42 Å². The van der Waals surface area contributed by atoms with E-state index in [0.717, 1.165) is 25.7 Å². The average Bonchev–Trinajstić information content (AvgIpc) is 2.68. The zero-order valence-corrected chi connectivity index (χ0v) is 20.1. The Labute approximate surface area is 188 Å². The fourth-order valence-corrected chi connectivity index (χ4v) is 4.84. The number of rotatable bonds is 20. The SMILES string of the molecule is CCCCCCCCCCCCCCCCC(C(=O)O)=C(C(=O)O)C(CC)S(=O)(=O)O. The first-order valence-corrected chi connectivity index (χ1v) is 13.3. The predicted molar refractivity (Wildman–Crippen MR) is 123 cm³/mol. The molecule has 0 radical (unpaired) electrons. The van der Waals surface area contributed by atoms with Crippen LogP contribution in [0.15, 0.2) is 11.1 Å². The van der Waals surface area contributed by atoms with Crippen molar-refractivity contribution in [1.82, 2.24) is 0 Å². The third kappa shape index (κ3) is 13.6. The van der Waals surface area contributed by atoms with Gasteiger partial charge in [0.25, 0.3) is 10.1 Å². The quantitative estimate of drug-likeness (QED) is 0.115. The summed E-state index contributed by atoms with van der Waals surface area (Å²) in [6.45, 7) is 3.62. The largest absolute Gasteiger partial charge is 0.478 e. The van der Waals surface area contributed by atoms with Gasteiger partial charge in [-0.05, 0) is 19.3 Å². The molecule has 0 aliphatic rings. The minimum Gasteiger partial charge on any atom is -0.478 e. The van der Waals surface area contributed by atoms with Gasteiger partial charge in [0.2, 0.25) is 0 Å². The molecule has 0 saturated heterocycles. The van der Waals surface area contributed by atoms with Gasteiger partial charge in [0.1, 0.15) is 5.25 Å². The second-order valence-electron chi connectivity index (χ2n) is 8.26. The first-order chi connectivity index (χ1) is 14.7. The van der Waals surface area contributed by atoms with E-state index < -0.39 is 38.5 Å². The smallest absolute Gasteiger partial charge is 0.333 e. The van der Waals surface area contributed by atoms with E-state index >= 15 is 0 Å². The van der Waals surface area contributed by atoms with Crippen LogP contribution in [0.4, 0.5) is 0 Å². The first kappa shape index (κ1) is 29.6. The van der Waals surface area contributed by atoms with Crippen LogP contribution in [0, 0.1) is 0 Å². The van der Waals surface area contributed by atoms with E-state index in [4.69, 9.17) is 0 Å². The van der Waals surface area contributed by atoms with Crippen LogP contribution in [0.5, 0.6) is 0 Å². The average molecular weight is 463 g/mol. The summed E-state index contributed by atoms with van der Waals surface area (Å²) in [6.07, 6.45) is 15.8. The van der Waals surface area contributed by atoms with Gasteiger partial charge in [0.15, 0.2) is 0 Å². The molecule has 1 unspecified atom stereocenters. The highest BCUT2D eigenvalue weighted by atomic mass is 32.2. The molecule has 0 heterocycles. The number of carboxylic acids is 2. The molecule has 0 aliphatic carbocycles. The van der Waals surface area contributed by atoms with Crippen LogP contribution < -0.4 is 0 Å². The summed E-state index contributed by atoms with van der Waals surface area (Å²) in [5, 5.41) is 17.1. The summed E-state index contributed by atoms with van der Waals surface area (Å²) < 4.78 is 32.3. The molecule has 8 heteroatoms. The maximum absolute atomic E-state index is 11.6. The van der Waals surface area contributed by atoms with Crippen LogP contribution in [0.1, 0.15) is 117 Å². The van der Waals surface area contributed by atoms with E-state index in [9.17, 15) is 32.8 Å². The van der Waals surface area contributed by atoms with Crippen LogP contribution in [0.25, 0.3) is 0 Å². The lowest BCUT2D eigenvalue weighted by molar-refractivity contribution is -0.136. The van der Waals surface area contributed by atoms with Crippen LogP contribution >= 0.6 is 0 Å². The van der Waals surface area contributed by atoms with Crippen LogP contribution in [-0.2, 0) is 19.7 Å². The molecule has 0 aliphatic heterocycles. The molecule has 3 N–H and O–H groups in total. The van der Waals surface area contributed by atoms with Gasteiger partial charge in [-0.25, -0.2) is 9.59 Å². The summed E-state index contributed by atoms with van der Waals surface area (Å²) in [5.41, 5.74) is -1.16. The van der Waals surface area contributed by atoms with Gasteiger partial charge in [-0.1, -0.05) is 97.3 Å². The highest BCUT2D eigenvalue weighted by Gasteiger charge is 2.34. The van der Waals surface area contributed by atoms with Gasteiger partial charge in [0.05, 0.1) is 5.57 Å². The fraction of sp³-hybridized carbons (Fsp3) is 0.826. The van der Waals surface area contributed by atoms with Crippen molar-refractivity contribution in [3.63, 3.8) is 0 Å². The lowest BCUT2D eigenvalue weighted by Crippen LogP contribution is -2.29. The van der Waals surface area contributed by atoms with E-state index in [2.05, 4.69) is 6.92 Å². The molecule has 0 spiro atoms. The van der Waals surface area contributed by atoms with E-state index in [1.165, 1.54) is 64.7 Å². The molecule has 0 bridgehead atoms. The van der Waals surface area contributed by atoms with Crippen LogP contribution in [0.2, 0.25) is 0 Å². The van der Waals surface area contributed by atoms with Crippen molar-refractivity contribution in [2.24, 2.45) is 0 Å². The zero-order chi connectivity index (χ0) is 23.7. The molecule has 0 amide bonds. The summed E-state index contributed by atoms with van der Waals surface area (Å²) in [6, 6.07) is 0. The van der Waals surface area contributed by atoms with Crippen molar-refractivity contribution in [3.8, 4) is 0 Å². The lowest BCUT2D eigenvalue weighted by atomic mass is 9.97. The summed E-state index contributed by atoms with van der Waals surface area (Å²) in [5.74, 6) is -3.07. The van der Waals surface area contributed by atoms with Crippen molar-refractivity contribution in [2.45, 2.75) is 122 Å². The number of aliphatic carboxylic acids is 2. The van der Waals surface area contributed by atoms with E-state index in [0.29, 0.717) is 6.42 Å². The molecule has 7 nitrogen and oxygen atoms in total. The highest BCUT2D eigenvalue weighted by Crippen LogP contribution is 2.24. The number of unbranched alkanes of at least 4 members (excludes halogenated alkanes) is 13. The Morgan fingerprint density at radius 1 is 0.677 bits per heavy atom. The van der Waals surface area contributed by atoms with Crippen LogP contribution in [0.3, 0.4) is 0 Å². The normalized spacial score (nSPS) is 13.6. The number of carboxylic acid groups (broad SMARTS) is 2. The molecule has 0 saturated carbocycles. The standard InChI is InChI=1S/C23H42O7S/c1-3-5-6-7-8-9-10-11-12-13-14-15-16-17-18-19(22(24)25)21(23(26)27)20(4-2)31(28,29)30/h20H,3-18H2,1-2H3,(H,24,25)(H,26,27)(H,28,29,30). The monoisotopic (exact) mass is 462 g/mol. The van der Waals surface area contributed by atoms with E-state index in [-0.39, 0.29) is 12.8 Å². The second kappa shape index (κ2) is 17.2. The third-order valence-corrected chi connectivity index (χ3v) is 6.93. The molecule has 31 heavy (non-hydrogen) atoms. The van der Waals surface area contributed by atoms with Crippen molar-refractivity contribution in [2.75, 3.05) is 0 Å². The lowest BCUT2D eigenvalue weighted by Gasteiger charge is -2.16. The topological polar surface area (TPSA) is 129 Å². The molecular formula is C23H42O7S. The van der Waals surface area contributed by atoms with Gasteiger partial charge in [-0.15, -0.1) is 0 Å². The Morgan fingerprint density at radius 3 is 1.35 bits per heavy atom. The minimum absolute atomic E-state index is 0.0268.